The van der Waals surface area contributed by atoms with Crippen LogP contribution in [0.3, 0.4) is 0 Å². The quantitative estimate of drug-likeness (QED) is 0.357. The normalized spacial score (nSPS) is 10.8. The Morgan fingerprint density at radius 3 is 2.67 bits per heavy atom. The summed E-state index contributed by atoms with van der Waals surface area (Å²) < 4.78 is 5.31. The molecule has 0 atom stereocenters. The van der Waals surface area contributed by atoms with E-state index in [9.17, 15) is 9.59 Å². The summed E-state index contributed by atoms with van der Waals surface area (Å²) in [6.07, 6.45) is 6.34. The van der Waals surface area contributed by atoms with Crippen LogP contribution in [0, 0.1) is 6.92 Å². The monoisotopic (exact) mass is 437 g/mol. The molecule has 0 unspecified atom stereocenters. The van der Waals surface area contributed by atoms with Crippen LogP contribution in [0.5, 0.6) is 0 Å². The predicted molar refractivity (Wildman–Crippen MR) is 125 cm³/mol. The molecule has 8 heteroatoms. The lowest BCUT2D eigenvalue weighted by Crippen LogP contribution is -2.17. The SMILES string of the molecule is Cc1ccc(C(=O)Nc2cccc(-c3cnco3)c2)cc1C(=O)Nc1cnc2[nH]ccc2c1. The van der Waals surface area contributed by atoms with Crippen LogP contribution >= 0.6 is 0 Å². The number of aromatic nitrogens is 3. The lowest BCUT2D eigenvalue weighted by Gasteiger charge is -2.11. The Bertz CT molecular complexity index is 1470. The molecule has 162 valence electrons. The number of carbonyl (C=O) groups is 2. The van der Waals surface area contributed by atoms with Crippen molar-refractivity contribution in [1.82, 2.24) is 15.0 Å². The first-order valence-corrected chi connectivity index (χ1v) is 10.2. The smallest absolute Gasteiger partial charge is 0.255 e. The first-order chi connectivity index (χ1) is 16.1. The molecule has 8 nitrogen and oxygen atoms in total. The topological polar surface area (TPSA) is 113 Å². The van der Waals surface area contributed by atoms with E-state index in [-0.39, 0.29) is 11.8 Å². The lowest BCUT2D eigenvalue weighted by atomic mass is 10.0. The number of aryl methyl sites for hydroxylation is 1. The first-order valence-electron chi connectivity index (χ1n) is 10.2. The Labute approximate surface area is 188 Å². The average Bonchev–Trinajstić information content (AvgIpc) is 3.51. The van der Waals surface area contributed by atoms with Crippen molar-refractivity contribution in [2.24, 2.45) is 0 Å². The molecule has 2 amide bonds. The van der Waals surface area contributed by atoms with Gasteiger partial charge in [-0.25, -0.2) is 9.97 Å². The van der Waals surface area contributed by atoms with Crippen molar-refractivity contribution in [1.29, 1.82) is 0 Å². The number of aromatic amines is 1. The summed E-state index contributed by atoms with van der Waals surface area (Å²) in [6, 6.07) is 16.0. The number of oxazole rings is 1. The standard InChI is InChI=1S/C25H19N5O3/c1-15-5-6-18(24(31)29-19-4-2-3-16(9-19)22-13-26-14-33-22)11-21(15)25(32)30-20-10-17-7-8-27-23(17)28-12-20/h2-14H,1H3,(H,27,28)(H,29,31)(H,30,32). The van der Waals surface area contributed by atoms with Gasteiger partial charge in [-0.3, -0.25) is 9.59 Å². The molecule has 0 fully saturated rings. The van der Waals surface area contributed by atoms with Crippen molar-refractivity contribution in [3.05, 3.63) is 96.3 Å². The summed E-state index contributed by atoms with van der Waals surface area (Å²) >= 11 is 0. The molecule has 2 aromatic carbocycles. The number of pyridine rings is 1. The van der Waals surface area contributed by atoms with Crippen molar-refractivity contribution in [2.45, 2.75) is 6.92 Å². The summed E-state index contributed by atoms with van der Waals surface area (Å²) in [5.74, 6) is -0.0342. The minimum atomic E-state index is -0.325. The van der Waals surface area contributed by atoms with E-state index >= 15 is 0 Å². The molecule has 0 aliphatic rings. The maximum atomic E-state index is 12.9. The summed E-state index contributed by atoms with van der Waals surface area (Å²) in [7, 11) is 0. The second-order valence-electron chi connectivity index (χ2n) is 7.52. The number of hydrogen-bond donors (Lipinski definition) is 3. The van der Waals surface area contributed by atoms with Crippen LogP contribution in [0.15, 0.2) is 84.0 Å². The Balaban J connectivity index is 1.35. The molecule has 0 bridgehead atoms. The van der Waals surface area contributed by atoms with Gasteiger partial charge in [-0.1, -0.05) is 18.2 Å². The van der Waals surface area contributed by atoms with E-state index < -0.39 is 0 Å². The third-order valence-electron chi connectivity index (χ3n) is 5.24. The molecule has 5 aromatic rings. The van der Waals surface area contributed by atoms with Gasteiger partial charge in [0.05, 0.1) is 18.1 Å². The first kappa shape index (κ1) is 20.2. The Morgan fingerprint density at radius 1 is 0.939 bits per heavy atom. The maximum absolute atomic E-state index is 12.9. The molecule has 33 heavy (non-hydrogen) atoms. The Hall–Kier alpha value is -4.72. The maximum Gasteiger partial charge on any atom is 0.255 e. The number of hydrogen-bond acceptors (Lipinski definition) is 5. The van der Waals surface area contributed by atoms with Crippen molar-refractivity contribution in [2.75, 3.05) is 10.6 Å². The molecule has 5 rings (SSSR count). The van der Waals surface area contributed by atoms with E-state index in [1.54, 1.807) is 48.9 Å². The third kappa shape index (κ3) is 4.22. The van der Waals surface area contributed by atoms with Gasteiger partial charge in [0.15, 0.2) is 12.2 Å². The van der Waals surface area contributed by atoms with E-state index in [0.29, 0.717) is 28.3 Å². The number of benzene rings is 2. The van der Waals surface area contributed by atoms with Gasteiger partial charge in [-0.2, -0.15) is 0 Å². The van der Waals surface area contributed by atoms with E-state index in [4.69, 9.17) is 4.42 Å². The number of amides is 2. The molecule has 0 spiro atoms. The highest BCUT2D eigenvalue weighted by Gasteiger charge is 2.15. The fourth-order valence-corrected chi connectivity index (χ4v) is 3.53. The number of anilines is 2. The van der Waals surface area contributed by atoms with Crippen molar-refractivity contribution >= 4 is 34.2 Å². The van der Waals surface area contributed by atoms with Crippen LogP contribution in [0.1, 0.15) is 26.3 Å². The minimum Gasteiger partial charge on any atom is -0.444 e. The molecule has 3 heterocycles. The number of nitrogens with one attached hydrogen (secondary N) is 3. The average molecular weight is 437 g/mol. The number of H-pyrrole nitrogens is 1. The molecule has 3 aromatic heterocycles. The summed E-state index contributed by atoms with van der Waals surface area (Å²) in [4.78, 5) is 37.0. The Kier molecular flexibility index (Phi) is 5.16. The van der Waals surface area contributed by atoms with Crippen molar-refractivity contribution in [3.8, 4) is 11.3 Å². The van der Waals surface area contributed by atoms with Crippen LogP contribution in [0.25, 0.3) is 22.4 Å². The van der Waals surface area contributed by atoms with Gasteiger partial charge in [0.25, 0.3) is 11.8 Å². The minimum absolute atomic E-state index is 0.314. The van der Waals surface area contributed by atoms with E-state index in [1.165, 1.54) is 6.39 Å². The second-order valence-corrected chi connectivity index (χ2v) is 7.52. The van der Waals surface area contributed by atoms with E-state index in [1.807, 2.05) is 31.2 Å². The van der Waals surface area contributed by atoms with Crippen LogP contribution in [0.2, 0.25) is 0 Å². The van der Waals surface area contributed by atoms with Gasteiger partial charge in [0, 0.05) is 34.0 Å². The molecule has 0 saturated heterocycles. The molecule has 3 N–H and O–H groups in total. The number of carbonyl (C=O) groups excluding carboxylic acids is 2. The molecule has 0 aliphatic carbocycles. The largest absolute Gasteiger partial charge is 0.444 e. The second kappa shape index (κ2) is 8.43. The zero-order chi connectivity index (χ0) is 22.8. The number of nitrogens with zero attached hydrogens (tertiary/aromatic N) is 2. The fourth-order valence-electron chi connectivity index (χ4n) is 3.53. The summed E-state index contributed by atoms with van der Waals surface area (Å²) in [5.41, 5.74) is 4.25. The molecular formula is C25H19N5O3. The third-order valence-corrected chi connectivity index (χ3v) is 5.24. The van der Waals surface area contributed by atoms with Crippen LogP contribution < -0.4 is 10.6 Å². The zero-order valence-corrected chi connectivity index (χ0v) is 17.6. The van der Waals surface area contributed by atoms with Crippen molar-refractivity contribution in [3.63, 3.8) is 0 Å². The van der Waals surface area contributed by atoms with Gasteiger partial charge < -0.3 is 20.0 Å². The van der Waals surface area contributed by atoms with E-state index in [0.717, 1.165) is 22.2 Å². The van der Waals surface area contributed by atoms with E-state index in [2.05, 4.69) is 25.6 Å². The van der Waals surface area contributed by atoms with Gasteiger partial charge in [-0.15, -0.1) is 0 Å². The van der Waals surface area contributed by atoms with Crippen LogP contribution in [-0.4, -0.2) is 26.8 Å². The molecular weight excluding hydrogens is 418 g/mol. The van der Waals surface area contributed by atoms with Crippen molar-refractivity contribution < 1.29 is 14.0 Å². The predicted octanol–water partition coefficient (Wildman–Crippen LogP) is 5.03. The Morgan fingerprint density at radius 2 is 1.82 bits per heavy atom. The summed E-state index contributed by atoms with van der Waals surface area (Å²) in [6.45, 7) is 1.82. The highest BCUT2D eigenvalue weighted by molar-refractivity contribution is 6.09. The van der Waals surface area contributed by atoms with Crippen LogP contribution in [-0.2, 0) is 0 Å². The van der Waals surface area contributed by atoms with Gasteiger partial charge >= 0.3 is 0 Å². The molecule has 0 saturated carbocycles. The number of fused-ring (bicyclic) bond motifs is 1. The lowest BCUT2D eigenvalue weighted by molar-refractivity contribution is 0.102. The van der Waals surface area contributed by atoms with Gasteiger partial charge in [-0.05, 0) is 48.9 Å². The fraction of sp³-hybridized carbons (Fsp3) is 0.0400. The molecule has 0 radical (unpaired) electrons. The zero-order valence-electron chi connectivity index (χ0n) is 17.6. The highest BCUT2D eigenvalue weighted by atomic mass is 16.3. The van der Waals surface area contributed by atoms with Gasteiger partial charge in [0.2, 0.25) is 0 Å². The van der Waals surface area contributed by atoms with Crippen LogP contribution in [0.4, 0.5) is 11.4 Å². The highest BCUT2D eigenvalue weighted by Crippen LogP contribution is 2.23. The number of rotatable bonds is 5. The molecule has 0 aliphatic heterocycles. The summed E-state index contributed by atoms with van der Waals surface area (Å²) in [5, 5.41) is 6.62. The van der Waals surface area contributed by atoms with Gasteiger partial charge in [0.1, 0.15) is 5.65 Å².